The third-order valence-electron chi connectivity index (χ3n) is 11.5. The molecule has 0 bridgehead atoms. The van der Waals surface area contributed by atoms with E-state index < -0.39 is 63.5 Å². The molecule has 1 aromatic heterocycles. The first-order valence-corrected chi connectivity index (χ1v) is 23.8. The summed E-state index contributed by atoms with van der Waals surface area (Å²) in [4.78, 5) is 57.7. The number of H-pyrrole nitrogens is 1. The second kappa shape index (κ2) is 20.9. The molecular weight excluding hydrogens is 841 g/mol. The molecule has 0 radical (unpaired) electrons. The van der Waals surface area contributed by atoms with Gasteiger partial charge in [0, 0.05) is 18.6 Å². The van der Waals surface area contributed by atoms with Crippen LogP contribution < -0.4 is 21.3 Å². The van der Waals surface area contributed by atoms with Crippen LogP contribution >= 0.6 is 0 Å². The number of rotatable bonds is 18. The van der Waals surface area contributed by atoms with Crippen molar-refractivity contribution in [1.82, 2.24) is 29.7 Å². The minimum Gasteiger partial charge on any atom is -0.444 e. The summed E-state index contributed by atoms with van der Waals surface area (Å²) in [5.41, 5.74) is 2.53. The number of imidazole rings is 1. The number of sulfonamides is 1. The smallest absolute Gasteiger partial charge is 0.410 e. The molecule has 0 spiro atoms. The second-order valence-electron chi connectivity index (χ2n) is 18.9. The number of nitrogens with one attached hydrogen (secondary N) is 3. The molecule has 17 heteroatoms. The van der Waals surface area contributed by atoms with E-state index in [-0.39, 0.29) is 42.1 Å². The fourth-order valence-corrected chi connectivity index (χ4v) is 10.0. The molecule has 0 aliphatic heterocycles. The number of hydrogen-bond acceptors (Lipinski definition) is 11. The van der Waals surface area contributed by atoms with Crippen LogP contribution in [0, 0.1) is 0 Å². The molecule has 1 heterocycles. The Morgan fingerprint density at radius 1 is 0.875 bits per heavy atom. The maximum Gasteiger partial charge on any atom is 0.410 e. The van der Waals surface area contributed by atoms with Gasteiger partial charge in [-0.25, -0.2) is 22.8 Å². The lowest BCUT2D eigenvalue weighted by atomic mass is 9.94. The second-order valence-corrected chi connectivity index (χ2v) is 20.8. The molecule has 3 aromatic carbocycles. The number of hydroxylamine groups is 1. The standard InChI is InChI=1S/C47H66N6O10S/c1-32(60-45(57)52(46(2,3)4)40(28-33-18-10-8-11-19-33)41(54)30-48-62-35-22-14-15-23-35)42(50-44(56)61-47(5,6)7)51(31-34-20-12-9-13-21-34)64(58,59)37-26-27-38-39(29-37)53(43(55)49-38)63-36-24-16-17-25-36/h8-13,18-21,26-27,29,32,35-36,40-42,48,54H,14-17,22-25,28,30-31H2,1-7H3,(H,49,55)(H,50,56)/t32-,40+,41-,42+/m1/s1. The van der Waals surface area contributed by atoms with Crippen molar-refractivity contribution < 1.29 is 42.3 Å². The highest BCUT2D eigenvalue weighted by Gasteiger charge is 2.43. The molecule has 2 saturated carbocycles. The molecule has 2 aliphatic rings. The van der Waals surface area contributed by atoms with Crippen LogP contribution in [0.3, 0.4) is 0 Å². The molecule has 2 fully saturated rings. The number of nitrogens with zero attached hydrogens (tertiary/aromatic N) is 3. The van der Waals surface area contributed by atoms with Gasteiger partial charge in [0.2, 0.25) is 10.0 Å². The number of aromatic nitrogens is 2. The predicted octanol–water partition coefficient (Wildman–Crippen LogP) is 6.80. The minimum absolute atomic E-state index is 0.0142. The summed E-state index contributed by atoms with van der Waals surface area (Å²) in [6.07, 6.45) is 1.65. The van der Waals surface area contributed by atoms with Gasteiger partial charge in [-0.2, -0.15) is 9.79 Å². The zero-order valence-electron chi connectivity index (χ0n) is 38.1. The van der Waals surface area contributed by atoms with Gasteiger partial charge in [-0.15, -0.1) is 4.73 Å². The van der Waals surface area contributed by atoms with Crippen LogP contribution in [-0.2, 0) is 37.3 Å². The van der Waals surface area contributed by atoms with Gasteiger partial charge in [-0.1, -0.05) is 73.5 Å². The van der Waals surface area contributed by atoms with Gasteiger partial charge in [0.05, 0.1) is 28.7 Å². The van der Waals surface area contributed by atoms with Crippen molar-refractivity contribution in [3.8, 4) is 0 Å². The SMILES string of the molecule is C[C@@H](OC(=O)N([C@@H](Cc1ccccc1)[C@H](O)CNOC1CCCC1)C(C)(C)C)[C@@H](NC(=O)OC(C)(C)C)N(Cc1ccccc1)S(=O)(=O)c1ccc2[nH]c(=O)n(OC3CCCC3)c2c1. The first-order valence-electron chi connectivity index (χ1n) is 22.4. The van der Waals surface area contributed by atoms with Crippen LogP contribution in [0.5, 0.6) is 0 Å². The third kappa shape index (κ3) is 12.7. The average Bonchev–Trinajstić information content (AvgIpc) is 4.01. The van der Waals surface area contributed by atoms with Crippen molar-refractivity contribution in [3.63, 3.8) is 0 Å². The monoisotopic (exact) mass is 906 g/mol. The maximum absolute atomic E-state index is 15.2. The van der Waals surface area contributed by atoms with Crippen LogP contribution in [-0.4, -0.2) is 98.9 Å². The summed E-state index contributed by atoms with van der Waals surface area (Å²) in [5, 5.41) is 14.6. The Morgan fingerprint density at radius 2 is 1.47 bits per heavy atom. The lowest BCUT2D eigenvalue weighted by molar-refractivity contribution is -0.0625. The summed E-state index contributed by atoms with van der Waals surface area (Å²) in [5.74, 6) is 0. The number of carbonyl (C=O) groups is 2. The Labute approximate surface area is 376 Å². The van der Waals surface area contributed by atoms with Crippen molar-refractivity contribution in [2.24, 2.45) is 0 Å². The Morgan fingerprint density at radius 3 is 2.06 bits per heavy atom. The van der Waals surface area contributed by atoms with Crippen LogP contribution in [0.4, 0.5) is 9.59 Å². The van der Waals surface area contributed by atoms with Crippen molar-refractivity contribution in [2.45, 2.75) is 165 Å². The molecular formula is C47H66N6O10S. The Hall–Kier alpha value is -4.94. The van der Waals surface area contributed by atoms with E-state index >= 15 is 8.42 Å². The molecule has 4 N–H and O–H groups in total. The van der Waals surface area contributed by atoms with E-state index in [1.807, 2.05) is 51.1 Å². The van der Waals surface area contributed by atoms with Crippen molar-refractivity contribution in [1.29, 1.82) is 0 Å². The Kier molecular flexibility index (Phi) is 15.9. The summed E-state index contributed by atoms with van der Waals surface area (Å²) in [6.45, 7) is 11.7. The number of hydrogen-bond donors (Lipinski definition) is 4. The fraction of sp³-hybridized carbons (Fsp3) is 0.553. The molecule has 4 atom stereocenters. The van der Waals surface area contributed by atoms with E-state index in [0.717, 1.165) is 66.0 Å². The first-order chi connectivity index (χ1) is 30.3. The van der Waals surface area contributed by atoms with Gasteiger partial charge in [0.1, 0.15) is 29.5 Å². The quantitative estimate of drug-likeness (QED) is 0.0606. The molecule has 16 nitrogen and oxygen atoms in total. The number of aliphatic hydroxyl groups excluding tert-OH is 1. The Balaban J connectivity index is 1.38. The molecule has 64 heavy (non-hydrogen) atoms. The molecule has 0 unspecified atom stereocenters. The fourth-order valence-electron chi connectivity index (χ4n) is 8.39. The summed E-state index contributed by atoms with van der Waals surface area (Å²) < 4.78 is 44.5. The van der Waals surface area contributed by atoms with E-state index in [0.29, 0.717) is 11.1 Å². The third-order valence-corrected chi connectivity index (χ3v) is 13.3. The van der Waals surface area contributed by atoms with Crippen LogP contribution in [0.2, 0.25) is 0 Å². The molecule has 4 aromatic rings. The van der Waals surface area contributed by atoms with Gasteiger partial charge in [0.15, 0.2) is 0 Å². The van der Waals surface area contributed by atoms with E-state index in [9.17, 15) is 19.5 Å². The van der Waals surface area contributed by atoms with Crippen molar-refractivity contribution >= 4 is 33.2 Å². The van der Waals surface area contributed by atoms with E-state index in [4.69, 9.17) is 19.1 Å². The van der Waals surface area contributed by atoms with Gasteiger partial charge in [-0.05, 0) is 123 Å². The maximum atomic E-state index is 15.2. The number of fused-ring (bicyclic) bond motifs is 1. The Bertz CT molecular complexity index is 2310. The molecule has 2 aliphatic carbocycles. The van der Waals surface area contributed by atoms with Crippen molar-refractivity contribution in [3.05, 3.63) is 100 Å². The van der Waals surface area contributed by atoms with Crippen LogP contribution in [0.1, 0.15) is 111 Å². The van der Waals surface area contributed by atoms with E-state index in [2.05, 4.69) is 15.8 Å². The van der Waals surface area contributed by atoms with E-state index in [1.165, 1.54) is 30.0 Å². The normalized spacial score (nSPS) is 17.3. The summed E-state index contributed by atoms with van der Waals surface area (Å²) >= 11 is 0. The molecule has 6 rings (SSSR count). The number of carbonyl (C=O) groups excluding carboxylic acids is 2. The average molecular weight is 907 g/mol. The van der Waals surface area contributed by atoms with Crippen LogP contribution in [0.25, 0.3) is 11.0 Å². The number of ether oxygens (including phenoxy) is 2. The molecule has 2 amide bonds. The van der Waals surface area contributed by atoms with E-state index in [1.54, 1.807) is 51.1 Å². The topological polar surface area (TPSA) is 194 Å². The zero-order valence-corrected chi connectivity index (χ0v) is 38.9. The highest BCUT2D eigenvalue weighted by Crippen LogP contribution is 2.29. The number of aromatic amines is 1. The summed E-state index contributed by atoms with van der Waals surface area (Å²) in [6, 6.07) is 21.7. The van der Waals surface area contributed by atoms with Crippen LogP contribution in [0.15, 0.2) is 88.6 Å². The largest absolute Gasteiger partial charge is 0.444 e. The number of amides is 2. The molecule has 350 valence electrons. The minimum atomic E-state index is -4.62. The van der Waals surface area contributed by atoms with Gasteiger partial charge < -0.3 is 29.7 Å². The van der Waals surface area contributed by atoms with Crippen molar-refractivity contribution in [2.75, 3.05) is 6.54 Å². The predicted molar refractivity (Wildman–Crippen MR) is 243 cm³/mol. The highest BCUT2D eigenvalue weighted by atomic mass is 32.2. The van der Waals surface area contributed by atoms with Gasteiger partial charge in [-0.3, -0.25) is 9.74 Å². The number of benzene rings is 3. The van der Waals surface area contributed by atoms with Gasteiger partial charge in [0.25, 0.3) is 0 Å². The lowest BCUT2D eigenvalue weighted by Gasteiger charge is -2.44. The highest BCUT2D eigenvalue weighted by molar-refractivity contribution is 7.89. The van der Waals surface area contributed by atoms with Gasteiger partial charge >= 0.3 is 17.9 Å². The molecule has 0 saturated heterocycles. The number of aliphatic hydroxyl groups is 1. The number of alkyl carbamates (subject to hydrolysis) is 1. The zero-order chi connectivity index (χ0) is 46.2. The lowest BCUT2D eigenvalue weighted by Crippen LogP contribution is -2.61. The first kappa shape index (κ1) is 48.5. The summed E-state index contributed by atoms with van der Waals surface area (Å²) in [7, 11) is -4.62.